The third-order valence-electron chi connectivity index (χ3n) is 4.67. The number of halogens is 1. The fourth-order valence-electron chi connectivity index (χ4n) is 3.82. The summed E-state index contributed by atoms with van der Waals surface area (Å²) in [7, 11) is 0. The molecule has 0 saturated heterocycles. The largest absolute Gasteiger partial charge is 0.388 e. The molecule has 1 N–H and O–H groups in total. The van der Waals surface area contributed by atoms with Crippen LogP contribution < -0.4 is 0 Å². The van der Waals surface area contributed by atoms with Gasteiger partial charge in [0, 0.05) is 4.47 Å². The Kier molecular flexibility index (Phi) is 3.27. The van der Waals surface area contributed by atoms with Crippen LogP contribution in [0.5, 0.6) is 0 Å². The summed E-state index contributed by atoms with van der Waals surface area (Å²) in [5.74, 6) is 2.63. The molecule has 4 unspecified atom stereocenters. The van der Waals surface area contributed by atoms with E-state index >= 15 is 0 Å². The van der Waals surface area contributed by atoms with Gasteiger partial charge < -0.3 is 5.11 Å². The maximum Gasteiger partial charge on any atom is 0.0803 e. The second kappa shape index (κ2) is 4.74. The van der Waals surface area contributed by atoms with Crippen LogP contribution >= 0.6 is 15.9 Å². The second-order valence-electron chi connectivity index (χ2n) is 5.71. The Hall–Kier alpha value is -0.340. The van der Waals surface area contributed by atoms with Gasteiger partial charge in [-0.25, -0.2) is 0 Å². The van der Waals surface area contributed by atoms with E-state index in [-0.39, 0.29) is 6.10 Å². The lowest BCUT2D eigenvalue weighted by atomic mass is 9.83. The van der Waals surface area contributed by atoms with E-state index in [0.29, 0.717) is 0 Å². The van der Waals surface area contributed by atoms with Crippen molar-refractivity contribution in [2.45, 2.75) is 38.2 Å². The van der Waals surface area contributed by atoms with E-state index in [4.69, 9.17) is 0 Å². The molecule has 2 fully saturated rings. The van der Waals surface area contributed by atoms with Gasteiger partial charge in [0.25, 0.3) is 0 Å². The van der Waals surface area contributed by atoms with Crippen molar-refractivity contribution in [3.63, 3.8) is 0 Å². The average molecular weight is 295 g/mol. The topological polar surface area (TPSA) is 20.2 Å². The minimum atomic E-state index is -0.296. The number of hydrogen-bond donors (Lipinski definition) is 1. The summed E-state index contributed by atoms with van der Waals surface area (Å²) in [6, 6.07) is 8.04. The SMILES string of the molecule is OC(CC1CC2CCC1C2)c1ccccc1Br. The Morgan fingerprint density at radius 2 is 2.06 bits per heavy atom. The van der Waals surface area contributed by atoms with Gasteiger partial charge in [-0.15, -0.1) is 0 Å². The van der Waals surface area contributed by atoms with Crippen LogP contribution in [0.4, 0.5) is 0 Å². The van der Waals surface area contributed by atoms with Gasteiger partial charge in [0.2, 0.25) is 0 Å². The van der Waals surface area contributed by atoms with Gasteiger partial charge in [-0.2, -0.15) is 0 Å². The molecule has 17 heavy (non-hydrogen) atoms. The van der Waals surface area contributed by atoms with Crippen LogP contribution in [0.2, 0.25) is 0 Å². The normalized spacial score (nSPS) is 32.9. The first kappa shape index (κ1) is 11.7. The molecule has 2 saturated carbocycles. The fraction of sp³-hybridized carbons (Fsp3) is 0.600. The number of rotatable bonds is 3. The number of hydrogen-bond acceptors (Lipinski definition) is 1. The molecule has 1 nitrogen and oxygen atoms in total. The standard InChI is InChI=1S/C15H19BrO/c16-14-4-2-1-3-13(14)15(17)9-12-8-10-5-6-11(12)7-10/h1-4,10-12,15,17H,5-9H2. The van der Waals surface area contributed by atoms with E-state index < -0.39 is 0 Å². The molecule has 2 bridgehead atoms. The molecule has 1 aromatic carbocycles. The summed E-state index contributed by atoms with van der Waals surface area (Å²) in [6.07, 6.45) is 6.27. The van der Waals surface area contributed by atoms with Crippen molar-refractivity contribution < 1.29 is 5.11 Å². The highest BCUT2D eigenvalue weighted by Gasteiger charge is 2.40. The van der Waals surface area contributed by atoms with Gasteiger partial charge in [-0.3, -0.25) is 0 Å². The number of aliphatic hydroxyl groups is 1. The summed E-state index contributed by atoms with van der Waals surface area (Å²) in [6.45, 7) is 0. The van der Waals surface area contributed by atoms with Crippen molar-refractivity contribution in [1.29, 1.82) is 0 Å². The lowest BCUT2D eigenvalue weighted by Crippen LogP contribution is -2.14. The maximum absolute atomic E-state index is 10.4. The zero-order chi connectivity index (χ0) is 11.8. The van der Waals surface area contributed by atoms with Gasteiger partial charge in [0.15, 0.2) is 0 Å². The minimum Gasteiger partial charge on any atom is -0.388 e. The Bertz CT molecular complexity index is 404. The first-order chi connectivity index (χ1) is 8.24. The van der Waals surface area contributed by atoms with Gasteiger partial charge in [0.05, 0.1) is 6.10 Å². The first-order valence-electron chi connectivity index (χ1n) is 6.66. The summed E-state index contributed by atoms with van der Waals surface area (Å²) < 4.78 is 1.04. The Balaban J connectivity index is 1.68. The lowest BCUT2D eigenvalue weighted by molar-refractivity contribution is 0.125. The van der Waals surface area contributed by atoms with Gasteiger partial charge in [-0.1, -0.05) is 40.5 Å². The van der Waals surface area contributed by atoms with Crippen LogP contribution in [0.25, 0.3) is 0 Å². The van der Waals surface area contributed by atoms with Crippen molar-refractivity contribution >= 4 is 15.9 Å². The summed E-state index contributed by atoms with van der Waals surface area (Å²) in [5, 5.41) is 10.4. The van der Waals surface area contributed by atoms with Crippen LogP contribution in [-0.2, 0) is 0 Å². The minimum absolute atomic E-state index is 0.296. The molecule has 1 aromatic rings. The molecule has 3 rings (SSSR count). The van der Waals surface area contributed by atoms with Crippen molar-refractivity contribution in [2.24, 2.45) is 17.8 Å². The summed E-state index contributed by atoms with van der Waals surface area (Å²) in [5.41, 5.74) is 1.05. The van der Waals surface area contributed by atoms with E-state index in [1.165, 1.54) is 25.7 Å². The molecular formula is C15H19BrO. The third kappa shape index (κ3) is 2.30. The van der Waals surface area contributed by atoms with E-state index in [9.17, 15) is 5.11 Å². The molecule has 0 amide bonds. The molecule has 0 aliphatic heterocycles. The molecule has 92 valence electrons. The van der Waals surface area contributed by atoms with E-state index in [0.717, 1.165) is 34.2 Å². The number of fused-ring (bicyclic) bond motifs is 2. The van der Waals surface area contributed by atoms with Crippen molar-refractivity contribution in [3.8, 4) is 0 Å². The van der Waals surface area contributed by atoms with Crippen LogP contribution in [0.3, 0.4) is 0 Å². The molecule has 0 spiro atoms. The van der Waals surface area contributed by atoms with Crippen molar-refractivity contribution in [3.05, 3.63) is 34.3 Å². The van der Waals surface area contributed by atoms with Crippen LogP contribution in [-0.4, -0.2) is 5.11 Å². The van der Waals surface area contributed by atoms with Gasteiger partial charge in [0.1, 0.15) is 0 Å². The lowest BCUT2D eigenvalue weighted by Gasteiger charge is -2.24. The first-order valence-corrected chi connectivity index (χ1v) is 7.46. The molecule has 2 heteroatoms. The third-order valence-corrected chi connectivity index (χ3v) is 5.40. The molecule has 0 aromatic heterocycles. The van der Waals surface area contributed by atoms with Gasteiger partial charge >= 0.3 is 0 Å². The van der Waals surface area contributed by atoms with Crippen LogP contribution in [0.15, 0.2) is 28.7 Å². The zero-order valence-electron chi connectivity index (χ0n) is 9.98. The molecular weight excluding hydrogens is 276 g/mol. The van der Waals surface area contributed by atoms with Crippen molar-refractivity contribution in [2.75, 3.05) is 0 Å². The number of benzene rings is 1. The molecule has 0 radical (unpaired) electrons. The summed E-state index contributed by atoms with van der Waals surface area (Å²) in [4.78, 5) is 0. The smallest absolute Gasteiger partial charge is 0.0803 e. The van der Waals surface area contributed by atoms with Crippen molar-refractivity contribution in [1.82, 2.24) is 0 Å². The summed E-state index contributed by atoms with van der Waals surface area (Å²) >= 11 is 3.53. The average Bonchev–Trinajstić information content (AvgIpc) is 2.91. The predicted molar refractivity (Wildman–Crippen MR) is 72.7 cm³/mol. The van der Waals surface area contributed by atoms with E-state index in [1.54, 1.807) is 0 Å². The highest BCUT2D eigenvalue weighted by atomic mass is 79.9. The quantitative estimate of drug-likeness (QED) is 0.881. The van der Waals surface area contributed by atoms with Gasteiger partial charge in [-0.05, 0) is 55.1 Å². The Labute approximate surface area is 111 Å². The Morgan fingerprint density at radius 3 is 2.71 bits per heavy atom. The Morgan fingerprint density at radius 1 is 1.24 bits per heavy atom. The highest BCUT2D eigenvalue weighted by Crippen LogP contribution is 2.51. The zero-order valence-corrected chi connectivity index (χ0v) is 11.6. The van der Waals surface area contributed by atoms with Crippen LogP contribution in [0.1, 0.15) is 43.8 Å². The van der Waals surface area contributed by atoms with E-state index in [1.807, 2.05) is 24.3 Å². The molecule has 2 aliphatic carbocycles. The molecule has 0 heterocycles. The maximum atomic E-state index is 10.4. The van der Waals surface area contributed by atoms with E-state index in [2.05, 4.69) is 15.9 Å². The monoisotopic (exact) mass is 294 g/mol. The predicted octanol–water partition coefficient (Wildman–Crippen LogP) is 4.31. The van der Waals surface area contributed by atoms with Crippen LogP contribution in [0, 0.1) is 17.8 Å². The highest BCUT2D eigenvalue weighted by molar-refractivity contribution is 9.10. The molecule has 4 atom stereocenters. The second-order valence-corrected chi connectivity index (χ2v) is 6.56. The fourth-order valence-corrected chi connectivity index (χ4v) is 4.37. The molecule has 2 aliphatic rings. The number of aliphatic hydroxyl groups excluding tert-OH is 1.